The number of rotatable bonds is 3. The van der Waals surface area contributed by atoms with Gasteiger partial charge in [0, 0.05) is 0 Å². The van der Waals surface area contributed by atoms with Gasteiger partial charge in [-0.2, -0.15) is 10.5 Å². The molecule has 4 nitrogen and oxygen atoms in total. The van der Waals surface area contributed by atoms with Gasteiger partial charge in [-0.25, -0.2) is 4.39 Å². The average Bonchev–Trinajstić information content (AvgIpc) is 2.96. The number of nitriles is 2. The van der Waals surface area contributed by atoms with Crippen molar-refractivity contribution in [2.45, 2.75) is 13.5 Å². The molecule has 1 heterocycles. The molecule has 0 aliphatic rings. The molecule has 0 saturated heterocycles. The van der Waals surface area contributed by atoms with Gasteiger partial charge in [0.15, 0.2) is 5.57 Å². The van der Waals surface area contributed by atoms with Crippen molar-refractivity contribution in [3.63, 3.8) is 0 Å². The minimum atomic E-state index is -0.369. The first-order chi connectivity index (χ1) is 13.0. The largest absolute Gasteiger partial charge is 0.293 e. The molecular formula is C21H14FN3OS. The summed E-state index contributed by atoms with van der Waals surface area (Å²) in [6, 6.07) is 17.1. The molecule has 0 N–H and O–H groups in total. The van der Waals surface area contributed by atoms with Gasteiger partial charge in [0.25, 0.3) is 5.56 Å². The number of halogens is 1. The van der Waals surface area contributed by atoms with Crippen molar-refractivity contribution in [1.29, 1.82) is 10.5 Å². The van der Waals surface area contributed by atoms with Crippen molar-refractivity contribution in [1.82, 2.24) is 4.57 Å². The maximum atomic E-state index is 13.1. The van der Waals surface area contributed by atoms with Gasteiger partial charge in [-0.1, -0.05) is 36.4 Å². The van der Waals surface area contributed by atoms with Crippen molar-refractivity contribution in [3.8, 4) is 12.1 Å². The molecule has 0 bridgehead atoms. The van der Waals surface area contributed by atoms with Crippen LogP contribution >= 0.6 is 11.3 Å². The minimum absolute atomic E-state index is 0.122. The van der Waals surface area contributed by atoms with E-state index in [2.05, 4.69) is 0 Å². The Morgan fingerprint density at radius 3 is 2.44 bits per heavy atom. The number of aromatic nitrogens is 1. The van der Waals surface area contributed by atoms with Gasteiger partial charge in [-0.15, -0.1) is 11.3 Å². The van der Waals surface area contributed by atoms with E-state index in [0.717, 1.165) is 22.5 Å². The fraction of sp³-hybridized carbons (Fsp3) is 0.0952. The van der Waals surface area contributed by atoms with Gasteiger partial charge in [0.2, 0.25) is 0 Å². The lowest BCUT2D eigenvalue weighted by Gasteiger charge is -2.02. The number of nitrogens with zero attached hydrogens (tertiary/aromatic N) is 3. The van der Waals surface area contributed by atoms with Gasteiger partial charge in [-0.05, 0) is 41.8 Å². The topological polar surface area (TPSA) is 69.6 Å². The minimum Gasteiger partial charge on any atom is -0.293 e. The van der Waals surface area contributed by atoms with Gasteiger partial charge in [0.05, 0.1) is 11.1 Å². The fourth-order valence-electron chi connectivity index (χ4n) is 2.63. The second-order valence-electron chi connectivity index (χ2n) is 5.89. The summed E-state index contributed by atoms with van der Waals surface area (Å²) in [6.07, 6.45) is 1.76. The van der Waals surface area contributed by atoms with E-state index in [-0.39, 0.29) is 23.5 Å². The number of thiazole rings is 1. The molecule has 0 aliphatic heterocycles. The summed E-state index contributed by atoms with van der Waals surface area (Å²) in [6.45, 7) is 2.10. The lowest BCUT2D eigenvalue weighted by molar-refractivity contribution is 0.626. The Morgan fingerprint density at radius 2 is 1.81 bits per heavy atom. The van der Waals surface area contributed by atoms with Crippen molar-refractivity contribution in [2.24, 2.45) is 0 Å². The van der Waals surface area contributed by atoms with Crippen molar-refractivity contribution >= 4 is 23.0 Å². The first kappa shape index (κ1) is 18.3. The molecule has 0 aliphatic carbocycles. The van der Waals surface area contributed by atoms with Gasteiger partial charge < -0.3 is 0 Å². The summed E-state index contributed by atoms with van der Waals surface area (Å²) >= 11 is 1.11. The van der Waals surface area contributed by atoms with E-state index in [1.54, 1.807) is 18.2 Å². The van der Waals surface area contributed by atoms with Crippen LogP contribution in [0.2, 0.25) is 0 Å². The summed E-state index contributed by atoms with van der Waals surface area (Å²) in [4.78, 5) is 12.9. The predicted octanol–water partition coefficient (Wildman–Crippen LogP) is 2.43. The highest BCUT2D eigenvalue weighted by atomic mass is 32.1. The van der Waals surface area contributed by atoms with Crippen LogP contribution in [0.15, 0.2) is 53.3 Å². The zero-order valence-corrected chi connectivity index (χ0v) is 15.3. The third-order valence-corrected chi connectivity index (χ3v) is 5.20. The van der Waals surface area contributed by atoms with Crippen LogP contribution in [-0.2, 0) is 6.54 Å². The predicted molar refractivity (Wildman–Crippen MR) is 103 cm³/mol. The Balaban J connectivity index is 2.25. The highest BCUT2D eigenvalue weighted by Crippen LogP contribution is 2.07. The fourth-order valence-corrected chi connectivity index (χ4v) is 3.67. The monoisotopic (exact) mass is 375 g/mol. The third kappa shape index (κ3) is 3.87. The summed E-state index contributed by atoms with van der Waals surface area (Å²) in [5.41, 5.74) is 2.21. The van der Waals surface area contributed by atoms with Crippen LogP contribution in [0.5, 0.6) is 0 Å². The van der Waals surface area contributed by atoms with Crippen LogP contribution in [0.3, 0.4) is 0 Å². The second kappa shape index (κ2) is 7.82. The molecule has 0 unspecified atom stereocenters. The maximum absolute atomic E-state index is 13.1. The highest BCUT2D eigenvalue weighted by Gasteiger charge is 2.10. The molecule has 0 fully saturated rings. The standard InChI is InChI=1S/C21H14FN3OS/c1-14-4-2-3-5-16(14)10-19-20(26)25(21(27-19)17(11-23)12-24)13-15-6-8-18(22)9-7-15/h2-10H,13H2,1H3. The number of hydrogen-bond donors (Lipinski definition) is 0. The molecule has 0 saturated carbocycles. The molecule has 0 atom stereocenters. The van der Waals surface area contributed by atoms with Crippen molar-refractivity contribution in [2.75, 3.05) is 0 Å². The normalized spacial score (nSPS) is 11.0. The van der Waals surface area contributed by atoms with Crippen molar-refractivity contribution in [3.05, 3.63) is 90.6 Å². The molecule has 0 amide bonds. The number of aryl methyl sites for hydroxylation is 1. The molecule has 3 aromatic rings. The van der Waals surface area contributed by atoms with Gasteiger partial charge >= 0.3 is 0 Å². The van der Waals surface area contributed by atoms with Crippen LogP contribution in [0.4, 0.5) is 4.39 Å². The van der Waals surface area contributed by atoms with Crippen LogP contribution in [0.25, 0.3) is 11.6 Å². The molecule has 0 radical (unpaired) electrons. The van der Waals surface area contributed by atoms with E-state index in [0.29, 0.717) is 14.8 Å². The molecule has 27 heavy (non-hydrogen) atoms. The number of hydrogen-bond acceptors (Lipinski definition) is 4. The zero-order chi connectivity index (χ0) is 19.4. The van der Waals surface area contributed by atoms with Crippen LogP contribution in [0.1, 0.15) is 16.7 Å². The quantitative estimate of drug-likeness (QED) is 0.706. The Kier molecular flexibility index (Phi) is 5.30. The maximum Gasteiger partial charge on any atom is 0.269 e. The van der Waals surface area contributed by atoms with E-state index in [4.69, 9.17) is 0 Å². The van der Waals surface area contributed by atoms with E-state index in [9.17, 15) is 19.7 Å². The third-order valence-electron chi connectivity index (χ3n) is 4.07. The Bertz CT molecular complexity index is 1240. The van der Waals surface area contributed by atoms with Crippen LogP contribution in [0, 0.1) is 35.4 Å². The lowest BCUT2D eigenvalue weighted by atomic mass is 10.1. The Hall–Kier alpha value is -3.48. The molecular weight excluding hydrogens is 361 g/mol. The van der Waals surface area contributed by atoms with Gasteiger partial charge in [0.1, 0.15) is 22.6 Å². The zero-order valence-electron chi connectivity index (χ0n) is 14.4. The van der Waals surface area contributed by atoms with E-state index in [1.165, 1.54) is 16.7 Å². The number of benzene rings is 2. The summed E-state index contributed by atoms with van der Waals surface area (Å²) in [5.74, 6) is -0.369. The second-order valence-corrected chi connectivity index (χ2v) is 6.92. The van der Waals surface area contributed by atoms with E-state index < -0.39 is 0 Å². The van der Waals surface area contributed by atoms with Gasteiger partial charge in [-0.3, -0.25) is 9.36 Å². The summed E-state index contributed by atoms with van der Waals surface area (Å²) in [5, 5.41) is 18.5. The molecule has 6 heteroatoms. The van der Waals surface area contributed by atoms with E-state index in [1.807, 2.05) is 43.3 Å². The molecule has 2 aromatic carbocycles. The van der Waals surface area contributed by atoms with Crippen molar-refractivity contribution < 1.29 is 4.39 Å². The molecule has 1 aromatic heterocycles. The summed E-state index contributed by atoms with van der Waals surface area (Å²) in [7, 11) is 0. The average molecular weight is 375 g/mol. The SMILES string of the molecule is Cc1ccccc1C=c1sc(=C(C#N)C#N)n(Cc2ccc(F)cc2)c1=O. The molecule has 132 valence electrons. The Labute approximate surface area is 159 Å². The summed E-state index contributed by atoms with van der Waals surface area (Å²) < 4.78 is 15.3. The van der Waals surface area contributed by atoms with E-state index >= 15 is 0 Å². The first-order valence-corrected chi connectivity index (χ1v) is 8.91. The van der Waals surface area contributed by atoms with Crippen LogP contribution < -0.4 is 14.8 Å². The highest BCUT2D eigenvalue weighted by molar-refractivity contribution is 7.07. The molecule has 3 rings (SSSR count). The lowest BCUT2D eigenvalue weighted by Crippen LogP contribution is -2.32. The Morgan fingerprint density at radius 1 is 1.15 bits per heavy atom. The first-order valence-electron chi connectivity index (χ1n) is 8.09. The molecule has 0 spiro atoms. The van der Waals surface area contributed by atoms with Crippen LogP contribution in [-0.4, -0.2) is 4.57 Å². The smallest absolute Gasteiger partial charge is 0.269 e.